The zero-order chi connectivity index (χ0) is 23.5. The lowest BCUT2D eigenvalue weighted by atomic mass is 9.91. The maximum Gasteiger partial charge on any atom is 0.243 e. The summed E-state index contributed by atoms with van der Waals surface area (Å²) in [6, 6.07) is 6.91. The maximum absolute atomic E-state index is 13.1. The van der Waals surface area contributed by atoms with Crippen LogP contribution in [0.2, 0.25) is 0 Å². The molecule has 0 radical (unpaired) electrons. The van der Waals surface area contributed by atoms with Gasteiger partial charge in [0, 0.05) is 25.2 Å². The van der Waals surface area contributed by atoms with Gasteiger partial charge in [-0.2, -0.15) is 4.31 Å². The molecule has 1 fully saturated rings. The summed E-state index contributed by atoms with van der Waals surface area (Å²) in [5.74, 6) is 0.623. The Bertz CT molecular complexity index is 1110. The number of carbonyl (C=O) groups is 1. The van der Waals surface area contributed by atoms with Gasteiger partial charge in [0.1, 0.15) is 5.75 Å². The van der Waals surface area contributed by atoms with E-state index < -0.39 is 10.0 Å². The van der Waals surface area contributed by atoms with E-state index in [1.165, 1.54) is 4.31 Å². The average Bonchev–Trinajstić information content (AvgIpc) is 2.74. The summed E-state index contributed by atoms with van der Waals surface area (Å²) in [6.45, 7) is 11.8. The third-order valence-corrected chi connectivity index (χ3v) is 7.69. The fourth-order valence-corrected chi connectivity index (χ4v) is 5.68. The smallest absolute Gasteiger partial charge is 0.243 e. The van der Waals surface area contributed by atoms with Crippen molar-refractivity contribution in [2.75, 3.05) is 38.2 Å². The van der Waals surface area contributed by atoms with Crippen molar-refractivity contribution in [1.82, 2.24) is 4.31 Å². The highest BCUT2D eigenvalue weighted by molar-refractivity contribution is 7.89. The molecule has 2 aromatic carbocycles. The van der Waals surface area contributed by atoms with Crippen molar-refractivity contribution in [2.24, 2.45) is 0 Å². The highest BCUT2D eigenvalue weighted by Crippen LogP contribution is 2.31. The molecule has 0 aromatic heterocycles. The minimum atomic E-state index is -3.63. The number of aryl methyl sites for hydroxylation is 2. The molecule has 8 heteroatoms. The van der Waals surface area contributed by atoms with E-state index in [2.05, 4.69) is 5.32 Å². The Morgan fingerprint density at radius 2 is 1.81 bits per heavy atom. The molecule has 3 rings (SSSR count). The Balaban J connectivity index is 1.95. The largest absolute Gasteiger partial charge is 0.492 e. The number of nitrogens with one attached hydrogen (secondary N) is 1. The molecule has 1 saturated heterocycles. The van der Waals surface area contributed by atoms with Gasteiger partial charge in [-0.25, -0.2) is 8.42 Å². The number of hydrogen-bond acceptors (Lipinski definition) is 6. The second-order valence-corrected chi connectivity index (χ2v) is 9.94. The topological polar surface area (TPSA) is 84.9 Å². The van der Waals surface area contributed by atoms with E-state index >= 15 is 0 Å². The number of ether oxygens (including phenoxy) is 2. The van der Waals surface area contributed by atoms with Crippen molar-refractivity contribution in [3.63, 3.8) is 0 Å². The van der Waals surface area contributed by atoms with Gasteiger partial charge in [0.25, 0.3) is 0 Å². The van der Waals surface area contributed by atoms with E-state index in [0.29, 0.717) is 50.9 Å². The molecule has 1 heterocycles. The van der Waals surface area contributed by atoms with Crippen molar-refractivity contribution in [1.29, 1.82) is 0 Å². The molecule has 1 aliphatic rings. The van der Waals surface area contributed by atoms with Crippen LogP contribution < -0.4 is 10.1 Å². The zero-order valence-corrected chi connectivity index (χ0v) is 20.3. The van der Waals surface area contributed by atoms with Crippen LogP contribution in [-0.4, -0.2) is 51.4 Å². The minimum Gasteiger partial charge on any atom is -0.492 e. The number of anilines is 1. The van der Waals surface area contributed by atoms with Crippen LogP contribution in [0.1, 0.15) is 46.5 Å². The fourth-order valence-electron chi connectivity index (χ4n) is 4.25. The summed E-state index contributed by atoms with van der Waals surface area (Å²) in [5, 5.41) is 3.35. The SMILES string of the molecule is CCOc1ccc(S(=O)(=O)N2CCOCC2)cc1NCc1c(C)cc(C)c(C(C)=O)c1C. The Hall–Kier alpha value is -2.42. The van der Waals surface area contributed by atoms with Crippen molar-refractivity contribution >= 4 is 21.5 Å². The Kier molecular flexibility index (Phi) is 7.59. The number of Topliss-reactive ketones (excluding diaryl/α,β-unsaturated/α-hetero) is 1. The molecule has 174 valence electrons. The highest BCUT2D eigenvalue weighted by Gasteiger charge is 2.27. The van der Waals surface area contributed by atoms with Crippen LogP contribution >= 0.6 is 0 Å². The molecule has 0 bridgehead atoms. The number of benzene rings is 2. The van der Waals surface area contributed by atoms with Crippen LogP contribution in [0.5, 0.6) is 5.75 Å². The Morgan fingerprint density at radius 3 is 2.44 bits per heavy atom. The Morgan fingerprint density at radius 1 is 1.12 bits per heavy atom. The predicted molar refractivity (Wildman–Crippen MR) is 125 cm³/mol. The fraction of sp³-hybridized carbons (Fsp3) is 0.458. The number of carbonyl (C=O) groups excluding carboxylic acids is 1. The number of sulfonamides is 1. The van der Waals surface area contributed by atoms with Crippen LogP contribution in [0.15, 0.2) is 29.2 Å². The second-order valence-electron chi connectivity index (χ2n) is 8.01. The van der Waals surface area contributed by atoms with E-state index in [-0.39, 0.29) is 10.7 Å². The summed E-state index contributed by atoms with van der Waals surface area (Å²) >= 11 is 0. The number of morpholine rings is 1. The molecule has 2 aromatic rings. The third-order valence-electron chi connectivity index (χ3n) is 5.80. The van der Waals surface area contributed by atoms with Crippen molar-refractivity contribution in [3.8, 4) is 5.75 Å². The van der Waals surface area contributed by atoms with Gasteiger partial charge in [0.15, 0.2) is 5.78 Å². The van der Waals surface area contributed by atoms with Crippen molar-refractivity contribution in [3.05, 3.63) is 52.1 Å². The van der Waals surface area contributed by atoms with Crippen LogP contribution in [0, 0.1) is 20.8 Å². The van der Waals surface area contributed by atoms with Gasteiger partial charge in [-0.1, -0.05) is 6.07 Å². The van der Waals surface area contributed by atoms with Gasteiger partial charge in [-0.15, -0.1) is 0 Å². The number of ketones is 1. The molecule has 0 atom stereocenters. The molecule has 0 unspecified atom stereocenters. The normalized spacial score (nSPS) is 14.9. The summed E-state index contributed by atoms with van der Waals surface area (Å²) < 4.78 is 38.7. The molecule has 0 saturated carbocycles. The number of hydrogen-bond donors (Lipinski definition) is 1. The molecule has 0 aliphatic carbocycles. The molecule has 1 aliphatic heterocycles. The molecule has 0 amide bonds. The zero-order valence-electron chi connectivity index (χ0n) is 19.4. The minimum absolute atomic E-state index is 0.0369. The van der Waals surface area contributed by atoms with Crippen LogP contribution in [0.4, 0.5) is 5.69 Å². The second kappa shape index (κ2) is 10.0. The van der Waals surface area contributed by atoms with Crippen molar-refractivity contribution in [2.45, 2.75) is 46.1 Å². The van der Waals surface area contributed by atoms with Crippen molar-refractivity contribution < 1.29 is 22.7 Å². The quantitative estimate of drug-likeness (QED) is 0.603. The molecule has 0 spiro atoms. The van der Waals surface area contributed by atoms with Gasteiger partial charge in [-0.05, 0) is 75.1 Å². The highest BCUT2D eigenvalue weighted by atomic mass is 32.2. The lowest BCUT2D eigenvalue weighted by Crippen LogP contribution is -2.40. The van der Waals surface area contributed by atoms with E-state index in [1.807, 2.05) is 33.8 Å². The first kappa shape index (κ1) is 24.2. The maximum atomic E-state index is 13.1. The monoisotopic (exact) mass is 460 g/mol. The van der Waals surface area contributed by atoms with E-state index in [1.54, 1.807) is 25.1 Å². The number of rotatable bonds is 8. The summed E-state index contributed by atoms with van der Waals surface area (Å²) in [6.07, 6.45) is 0. The number of nitrogens with zero attached hydrogens (tertiary/aromatic N) is 1. The predicted octanol–water partition coefficient (Wildman–Crippen LogP) is 3.85. The molecular formula is C24H32N2O5S. The van der Waals surface area contributed by atoms with Crippen LogP contribution in [-0.2, 0) is 21.3 Å². The van der Waals surface area contributed by atoms with E-state index in [4.69, 9.17) is 9.47 Å². The van der Waals surface area contributed by atoms with E-state index in [9.17, 15) is 13.2 Å². The molecule has 1 N–H and O–H groups in total. The standard InChI is InChI=1S/C24H32N2O5S/c1-6-31-23-8-7-20(32(28,29)26-9-11-30-12-10-26)14-22(23)25-15-21-16(2)13-17(3)24(18(21)4)19(5)27/h7-8,13-14,25H,6,9-12,15H2,1-5H3. The summed E-state index contributed by atoms with van der Waals surface area (Å²) in [7, 11) is -3.63. The van der Waals surface area contributed by atoms with Gasteiger partial charge >= 0.3 is 0 Å². The summed E-state index contributed by atoms with van der Waals surface area (Å²) in [4.78, 5) is 12.4. The first-order valence-electron chi connectivity index (χ1n) is 10.9. The average molecular weight is 461 g/mol. The van der Waals surface area contributed by atoms with Gasteiger partial charge in [0.05, 0.1) is 30.4 Å². The van der Waals surface area contributed by atoms with Gasteiger partial charge in [0.2, 0.25) is 10.0 Å². The van der Waals surface area contributed by atoms with Crippen LogP contribution in [0.25, 0.3) is 0 Å². The van der Waals surface area contributed by atoms with Gasteiger partial charge in [-0.3, -0.25) is 4.79 Å². The van der Waals surface area contributed by atoms with Crippen LogP contribution in [0.3, 0.4) is 0 Å². The lowest BCUT2D eigenvalue weighted by molar-refractivity contribution is 0.0730. The third kappa shape index (κ3) is 4.98. The molecular weight excluding hydrogens is 428 g/mol. The first-order chi connectivity index (χ1) is 15.2. The van der Waals surface area contributed by atoms with E-state index in [0.717, 1.165) is 27.8 Å². The first-order valence-corrected chi connectivity index (χ1v) is 12.3. The molecule has 32 heavy (non-hydrogen) atoms. The Labute approximate surface area is 190 Å². The lowest BCUT2D eigenvalue weighted by Gasteiger charge is -2.26. The van der Waals surface area contributed by atoms with Gasteiger partial charge < -0.3 is 14.8 Å². The summed E-state index contributed by atoms with van der Waals surface area (Å²) in [5.41, 5.74) is 5.34. The molecule has 7 nitrogen and oxygen atoms in total.